The zero-order valence-electron chi connectivity index (χ0n) is 8.13. The third kappa shape index (κ3) is 2.19. The smallest absolute Gasteiger partial charge is 0.296 e. The summed E-state index contributed by atoms with van der Waals surface area (Å²) in [5.74, 6) is 0.426. The van der Waals surface area contributed by atoms with Crippen LogP contribution in [-0.4, -0.2) is 24.2 Å². The van der Waals surface area contributed by atoms with Crippen molar-refractivity contribution >= 4 is 11.6 Å². The lowest BCUT2D eigenvalue weighted by Crippen LogP contribution is -2.21. The zero-order chi connectivity index (χ0) is 11.5. The number of amides is 1. The number of nitrogens with zero attached hydrogens (tertiary/aromatic N) is 1. The highest BCUT2D eigenvalue weighted by Gasteiger charge is 2.15. The van der Waals surface area contributed by atoms with Gasteiger partial charge in [-0.1, -0.05) is 0 Å². The van der Waals surface area contributed by atoms with Crippen molar-refractivity contribution in [3.8, 4) is 11.5 Å². The van der Waals surface area contributed by atoms with E-state index in [2.05, 4.69) is 5.32 Å². The van der Waals surface area contributed by atoms with Crippen LogP contribution in [-0.2, 0) is 4.79 Å². The molecule has 1 aromatic carbocycles. The van der Waals surface area contributed by atoms with Crippen LogP contribution in [0, 0.1) is 10.1 Å². The van der Waals surface area contributed by atoms with Gasteiger partial charge in [0.2, 0.25) is 6.79 Å². The zero-order valence-corrected chi connectivity index (χ0v) is 8.13. The van der Waals surface area contributed by atoms with Gasteiger partial charge >= 0.3 is 0 Å². The highest BCUT2D eigenvalue weighted by atomic mass is 16.7. The maximum Gasteiger partial charge on any atom is 0.296 e. The molecule has 16 heavy (non-hydrogen) atoms. The molecule has 1 aromatic rings. The van der Waals surface area contributed by atoms with E-state index in [1.165, 1.54) is 0 Å². The topological polar surface area (TPSA) is 90.7 Å². The van der Waals surface area contributed by atoms with Gasteiger partial charge in [-0.3, -0.25) is 14.9 Å². The monoisotopic (exact) mass is 224 g/mol. The van der Waals surface area contributed by atoms with Gasteiger partial charge in [0, 0.05) is 16.7 Å². The molecule has 0 fully saturated rings. The number of benzene rings is 1. The van der Waals surface area contributed by atoms with Crippen molar-refractivity contribution in [2.75, 3.05) is 18.7 Å². The molecule has 0 atom stereocenters. The third-order valence-electron chi connectivity index (χ3n) is 1.93. The van der Waals surface area contributed by atoms with Gasteiger partial charge < -0.3 is 14.8 Å². The summed E-state index contributed by atoms with van der Waals surface area (Å²) in [6.07, 6.45) is 0. The van der Waals surface area contributed by atoms with Crippen LogP contribution in [0.5, 0.6) is 11.5 Å². The van der Waals surface area contributed by atoms with E-state index in [4.69, 9.17) is 9.47 Å². The normalized spacial score (nSPS) is 12.2. The van der Waals surface area contributed by atoms with Gasteiger partial charge in [0.05, 0.1) is 0 Å². The number of anilines is 1. The highest BCUT2D eigenvalue weighted by molar-refractivity contribution is 5.91. The first-order valence-electron chi connectivity index (χ1n) is 4.46. The second-order valence-electron chi connectivity index (χ2n) is 3.11. The van der Waals surface area contributed by atoms with Gasteiger partial charge in [-0.05, 0) is 12.1 Å². The molecule has 0 saturated heterocycles. The largest absolute Gasteiger partial charge is 0.454 e. The Hall–Kier alpha value is -2.31. The van der Waals surface area contributed by atoms with E-state index in [1.54, 1.807) is 18.2 Å². The first kappa shape index (κ1) is 10.2. The SMILES string of the molecule is O=C(C[N+](=O)[O-])Nc1ccc2c(c1)OCO2. The number of carbonyl (C=O) groups is 1. The first-order valence-corrected chi connectivity index (χ1v) is 4.46. The van der Waals surface area contributed by atoms with E-state index < -0.39 is 17.4 Å². The summed E-state index contributed by atoms with van der Waals surface area (Å²) < 4.78 is 10.2. The van der Waals surface area contributed by atoms with Crippen LogP contribution in [0.4, 0.5) is 5.69 Å². The lowest BCUT2D eigenvalue weighted by Gasteiger charge is -2.03. The van der Waals surface area contributed by atoms with Gasteiger partial charge in [0.15, 0.2) is 11.5 Å². The summed E-state index contributed by atoms with van der Waals surface area (Å²) >= 11 is 0. The van der Waals surface area contributed by atoms with Crippen LogP contribution in [0.3, 0.4) is 0 Å². The molecule has 1 amide bonds. The van der Waals surface area contributed by atoms with E-state index in [0.29, 0.717) is 17.2 Å². The summed E-state index contributed by atoms with van der Waals surface area (Å²) in [7, 11) is 0. The third-order valence-corrected chi connectivity index (χ3v) is 1.93. The van der Waals surface area contributed by atoms with E-state index in [1.807, 2.05) is 0 Å². The molecule has 1 aliphatic heterocycles. The van der Waals surface area contributed by atoms with E-state index >= 15 is 0 Å². The maximum absolute atomic E-state index is 11.1. The summed E-state index contributed by atoms with van der Waals surface area (Å²) in [5.41, 5.74) is 0.441. The summed E-state index contributed by atoms with van der Waals surface area (Å²) in [6.45, 7) is -0.615. The molecule has 1 N–H and O–H groups in total. The first-order chi connectivity index (χ1) is 7.65. The molecule has 0 spiro atoms. The Kier molecular flexibility index (Phi) is 2.59. The second kappa shape index (κ2) is 4.05. The quantitative estimate of drug-likeness (QED) is 0.600. The number of hydrogen-bond donors (Lipinski definition) is 1. The number of nitrogens with one attached hydrogen (secondary N) is 1. The van der Waals surface area contributed by atoms with Crippen LogP contribution < -0.4 is 14.8 Å². The van der Waals surface area contributed by atoms with Gasteiger partial charge in [-0.25, -0.2) is 0 Å². The standard InChI is InChI=1S/C9H8N2O5/c12-9(4-11(13)14)10-6-1-2-7-8(3-6)16-5-15-7/h1-3H,4-5H2,(H,10,12). The highest BCUT2D eigenvalue weighted by Crippen LogP contribution is 2.34. The number of fused-ring (bicyclic) bond motifs is 1. The molecule has 0 aromatic heterocycles. The predicted octanol–water partition coefficient (Wildman–Crippen LogP) is 0.630. The Balaban J connectivity index is 2.05. The Morgan fingerprint density at radius 3 is 2.94 bits per heavy atom. The molecule has 0 bridgehead atoms. The molecule has 84 valence electrons. The Morgan fingerprint density at radius 1 is 1.44 bits per heavy atom. The minimum absolute atomic E-state index is 0.141. The molecular formula is C9H8N2O5. The predicted molar refractivity (Wildman–Crippen MR) is 53.1 cm³/mol. The fourth-order valence-corrected chi connectivity index (χ4v) is 1.29. The van der Waals surface area contributed by atoms with Crippen LogP contribution >= 0.6 is 0 Å². The van der Waals surface area contributed by atoms with Crippen molar-refractivity contribution in [1.29, 1.82) is 0 Å². The van der Waals surface area contributed by atoms with Crippen LogP contribution in [0.25, 0.3) is 0 Å². The number of ether oxygens (including phenoxy) is 2. The van der Waals surface area contributed by atoms with Gasteiger partial charge in [-0.15, -0.1) is 0 Å². The number of hydrogen-bond acceptors (Lipinski definition) is 5. The molecule has 0 unspecified atom stereocenters. The fourth-order valence-electron chi connectivity index (χ4n) is 1.29. The van der Waals surface area contributed by atoms with Crippen molar-refractivity contribution in [3.63, 3.8) is 0 Å². The Morgan fingerprint density at radius 2 is 2.19 bits per heavy atom. The summed E-state index contributed by atoms with van der Waals surface area (Å²) in [6, 6.07) is 4.77. The molecule has 7 heteroatoms. The van der Waals surface area contributed by atoms with Crippen molar-refractivity contribution in [1.82, 2.24) is 0 Å². The van der Waals surface area contributed by atoms with Gasteiger partial charge in [-0.2, -0.15) is 0 Å². The average Bonchev–Trinajstić information content (AvgIpc) is 2.63. The summed E-state index contributed by atoms with van der Waals surface area (Å²) in [5, 5.41) is 12.5. The molecule has 0 radical (unpaired) electrons. The number of carbonyl (C=O) groups excluding carboxylic acids is 1. The van der Waals surface area contributed by atoms with Crippen molar-refractivity contribution in [2.24, 2.45) is 0 Å². The lowest BCUT2D eigenvalue weighted by atomic mass is 10.3. The summed E-state index contributed by atoms with van der Waals surface area (Å²) in [4.78, 5) is 20.5. The molecule has 1 heterocycles. The Bertz CT molecular complexity index is 446. The van der Waals surface area contributed by atoms with Crippen molar-refractivity contribution in [3.05, 3.63) is 28.3 Å². The number of nitro groups is 1. The minimum Gasteiger partial charge on any atom is -0.454 e. The molecule has 1 aliphatic rings. The lowest BCUT2D eigenvalue weighted by molar-refractivity contribution is -0.467. The average molecular weight is 224 g/mol. The van der Waals surface area contributed by atoms with Crippen molar-refractivity contribution in [2.45, 2.75) is 0 Å². The van der Waals surface area contributed by atoms with Crippen LogP contribution in [0.2, 0.25) is 0 Å². The van der Waals surface area contributed by atoms with Crippen LogP contribution in [0.15, 0.2) is 18.2 Å². The molecule has 7 nitrogen and oxygen atoms in total. The van der Waals surface area contributed by atoms with Crippen LogP contribution in [0.1, 0.15) is 0 Å². The number of rotatable bonds is 3. The second-order valence-corrected chi connectivity index (χ2v) is 3.11. The van der Waals surface area contributed by atoms with E-state index in [9.17, 15) is 14.9 Å². The van der Waals surface area contributed by atoms with Gasteiger partial charge in [0.1, 0.15) is 0 Å². The maximum atomic E-state index is 11.1. The van der Waals surface area contributed by atoms with Crippen molar-refractivity contribution < 1.29 is 19.2 Å². The van der Waals surface area contributed by atoms with E-state index in [0.717, 1.165) is 0 Å². The molecule has 0 saturated carbocycles. The molecular weight excluding hydrogens is 216 g/mol. The fraction of sp³-hybridized carbons (Fsp3) is 0.222. The minimum atomic E-state index is -0.756. The molecule has 0 aliphatic carbocycles. The molecule has 2 rings (SSSR count). The van der Waals surface area contributed by atoms with E-state index in [-0.39, 0.29) is 6.79 Å². The van der Waals surface area contributed by atoms with Gasteiger partial charge in [0.25, 0.3) is 12.5 Å². The Labute approximate surface area is 90.1 Å².